The fourth-order valence-corrected chi connectivity index (χ4v) is 2.38. The van der Waals surface area contributed by atoms with Crippen molar-refractivity contribution in [1.82, 2.24) is 16.2 Å². The Morgan fingerprint density at radius 2 is 2.04 bits per heavy atom. The van der Waals surface area contributed by atoms with Gasteiger partial charge < -0.3 is 4.74 Å². The first-order chi connectivity index (χ1) is 11.0. The molecule has 0 fully saturated rings. The van der Waals surface area contributed by atoms with Gasteiger partial charge in [0.1, 0.15) is 5.75 Å². The molecule has 0 radical (unpaired) electrons. The predicted octanol–water partition coefficient (Wildman–Crippen LogP) is 1.77. The summed E-state index contributed by atoms with van der Waals surface area (Å²) in [6.07, 6.45) is 0. The number of rotatable bonds is 4. The van der Waals surface area contributed by atoms with E-state index in [4.69, 9.17) is 17.0 Å². The molecule has 0 aliphatic carbocycles. The molecule has 2 amide bonds. The Hall–Kier alpha value is -2.45. The van der Waals surface area contributed by atoms with Crippen LogP contribution in [0, 0.1) is 6.92 Å². The van der Waals surface area contributed by atoms with Gasteiger partial charge in [-0.1, -0.05) is 18.2 Å². The van der Waals surface area contributed by atoms with E-state index in [0.29, 0.717) is 10.6 Å². The van der Waals surface area contributed by atoms with Crippen LogP contribution in [0.15, 0.2) is 41.8 Å². The first-order valence-electron chi connectivity index (χ1n) is 6.68. The molecule has 0 atom stereocenters. The number of ether oxygens (including phenoxy) is 1. The molecule has 1 aromatic heterocycles. The minimum absolute atomic E-state index is 0.00676. The normalized spacial score (nSPS) is 9.78. The third-order valence-electron chi connectivity index (χ3n) is 2.65. The second kappa shape index (κ2) is 8.25. The second-order valence-electron chi connectivity index (χ2n) is 4.54. The van der Waals surface area contributed by atoms with Gasteiger partial charge in [0, 0.05) is 0 Å². The lowest BCUT2D eigenvalue weighted by Gasteiger charge is -2.11. The Kier molecular flexibility index (Phi) is 6.07. The molecule has 0 unspecified atom stereocenters. The van der Waals surface area contributed by atoms with Crippen molar-refractivity contribution in [3.8, 4) is 5.75 Å². The molecular weight excluding hydrogens is 334 g/mol. The number of aryl methyl sites for hydroxylation is 1. The van der Waals surface area contributed by atoms with Crippen LogP contribution >= 0.6 is 23.6 Å². The number of hydrogen-bond donors (Lipinski definition) is 3. The summed E-state index contributed by atoms with van der Waals surface area (Å²) in [5.41, 5.74) is 5.84. The summed E-state index contributed by atoms with van der Waals surface area (Å²) in [7, 11) is 0. The highest BCUT2D eigenvalue weighted by atomic mass is 32.1. The average molecular weight is 349 g/mol. The maximum absolute atomic E-state index is 11.7. The number of carbonyl (C=O) groups excluding carboxylic acids is 2. The van der Waals surface area contributed by atoms with E-state index in [9.17, 15) is 9.59 Å². The third-order valence-corrected chi connectivity index (χ3v) is 3.72. The van der Waals surface area contributed by atoms with Crippen LogP contribution in [0.2, 0.25) is 0 Å². The van der Waals surface area contributed by atoms with E-state index < -0.39 is 5.91 Å². The lowest BCUT2D eigenvalue weighted by molar-refractivity contribution is -0.123. The minimum Gasteiger partial charge on any atom is -0.484 e. The Morgan fingerprint density at radius 1 is 1.22 bits per heavy atom. The van der Waals surface area contributed by atoms with Crippen LogP contribution in [-0.2, 0) is 4.79 Å². The second-order valence-corrected chi connectivity index (χ2v) is 5.89. The monoisotopic (exact) mass is 349 g/mol. The zero-order chi connectivity index (χ0) is 16.7. The van der Waals surface area contributed by atoms with Crippen molar-refractivity contribution < 1.29 is 14.3 Å². The molecular formula is C15H15N3O3S2. The van der Waals surface area contributed by atoms with Crippen molar-refractivity contribution >= 4 is 40.5 Å². The van der Waals surface area contributed by atoms with Crippen LogP contribution in [0.5, 0.6) is 5.75 Å². The number of hydrazine groups is 1. The number of carbonyl (C=O) groups is 2. The zero-order valence-corrected chi connectivity index (χ0v) is 13.9. The molecule has 0 aliphatic rings. The van der Waals surface area contributed by atoms with Gasteiger partial charge in [0.2, 0.25) is 0 Å². The Bertz CT molecular complexity index is 702. The summed E-state index contributed by atoms with van der Waals surface area (Å²) in [6, 6.07) is 10.8. The van der Waals surface area contributed by atoms with Crippen molar-refractivity contribution in [1.29, 1.82) is 0 Å². The number of hydrogen-bond acceptors (Lipinski definition) is 5. The van der Waals surface area contributed by atoms with Gasteiger partial charge in [-0.05, 0) is 48.3 Å². The van der Waals surface area contributed by atoms with Crippen molar-refractivity contribution in [3.05, 3.63) is 52.2 Å². The number of amides is 2. The lowest BCUT2D eigenvalue weighted by atomic mass is 10.2. The topological polar surface area (TPSA) is 79.5 Å². The van der Waals surface area contributed by atoms with E-state index in [-0.39, 0.29) is 17.6 Å². The molecule has 1 aromatic carbocycles. The van der Waals surface area contributed by atoms with E-state index in [1.807, 2.05) is 25.1 Å². The number of thiophene rings is 1. The molecule has 2 aromatic rings. The molecule has 6 nitrogen and oxygen atoms in total. The smallest absolute Gasteiger partial charge is 0.276 e. The maximum Gasteiger partial charge on any atom is 0.276 e. The highest BCUT2D eigenvalue weighted by Crippen LogP contribution is 2.11. The quantitative estimate of drug-likeness (QED) is 0.579. The van der Waals surface area contributed by atoms with E-state index in [2.05, 4.69) is 16.2 Å². The van der Waals surface area contributed by atoms with Crippen molar-refractivity contribution in [2.45, 2.75) is 6.92 Å². The molecule has 23 heavy (non-hydrogen) atoms. The fourth-order valence-electron chi connectivity index (χ4n) is 1.62. The first kappa shape index (κ1) is 16.9. The van der Waals surface area contributed by atoms with Crippen LogP contribution in [0.25, 0.3) is 0 Å². The average Bonchev–Trinajstić information content (AvgIpc) is 3.05. The molecule has 8 heteroatoms. The van der Waals surface area contributed by atoms with Crippen LogP contribution < -0.4 is 20.9 Å². The van der Waals surface area contributed by atoms with E-state index in [0.717, 1.165) is 5.56 Å². The summed E-state index contributed by atoms with van der Waals surface area (Å²) >= 11 is 6.22. The fraction of sp³-hybridized carbons (Fsp3) is 0.133. The van der Waals surface area contributed by atoms with Crippen LogP contribution in [0.4, 0.5) is 0 Å². The van der Waals surface area contributed by atoms with Crippen LogP contribution in [0.3, 0.4) is 0 Å². The summed E-state index contributed by atoms with van der Waals surface area (Å²) in [6.45, 7) is 1.77. The molecule has 2 rings (SSSR count). The first-order valence-corrected chi connectivity index (χ1v) is 7.96. The van der Waals surface area contributed by atoms with Gasteiger partial charge in [-0.2, -0.15) is 0 Å². The van der Waals surface area contributed by atoms with Gasteiger partial charge in [-0.25, -0.2) is 0 Å². The maximum atomic E-state index is 11.7. The summed E-state index contributed by atoms with van der Waals surface area (Å²) in [5.74, 6) is -0.143. The SMILES string of the molecule is Cc1cccc(OCC(=O)NNC(=S)NC(=O)c2cccs2)c1. The van der Waals surface area contributed by atoms with Gasteiger partial charge in [0.15, 0.2) is 11.7 Å². The molecule has 0 saturated heterocycles. The predicted molar refractivity (Wildman–Crippen MR) is 92.3 cm³/mol. The van der Waals surface area contributed by atoms with E-state index >= 15 is 0 Å². The van der Waals surface area contributed by atoms with Gasteiger partial charge >= 0.3 is 0 Å². The number of nitrogens with one attached hydrogen (secondary N) is 3. The van der Waals surface area contributed by atoms with Crippen LogP contribution in [-0.4, -0.2) is 23.5 Å². The van der Waals surface area contributed by atoms with Gasteiger partial charge in [-0.15, -0.1) is 11.3 Å². The van der Waals surface area contributed by atoms with Gasteiger partial charge in [0.25, 0.3) is 11.8 Å². The standard InChI is InChI=1S/C15H15N3O3S2/c1-10-4-2-5-11(8-10)21-9-13(19)17-18-15(22)16-14(20)12-6-3-7-23-12/h2-8H,9H2,1H3,(H,17,19)(H2,16,18,20,22). The summed E-state index contributed by atoms with van der Waals surface area (Å²) < 4.78 is 5.34. The van der Waals surface area contributed by atoms with Gasteiger partial charge in [-0.3, -0.25) is 25.8 Å². The van der Waals surface area contributed by atoms with Gasteiger partial charge in [0.05, 0.1) is 4.88 Å². The molecule has 0 aliphatic heterocycles. The van der Waals surface area contributed by atoms with E-state index in [1.165, 1.54) is 11.3 Å². The highest BCUT2D eigenvalue weighted by molar-refractivity contribution is 7.80. The summed E-state index contributed by atoms with van der Waals surface area (Å²) in [4.78, 5) is 23.9. The molecule has 1 heterocycles. The van der Waals surface area contributed by atoms with Crippen molar-refractivity contribution in [2.24, 2.45) is 0 Å². The van der Waals surface area contributed by atoms with Crippen molar-refractivity contribution in [3.63, 3.8) is 0 Å². The zero-order valence-electron chi connectivity index (χ0n) is 12.3. The van der Waals surface area contributed by atoms with E-state index in [1.54, 1.807) is 23.6 Å². The largest absolute Gasteiger partial charge is 0.484 e. The molecule has 0 spiro atoms. The molecule has 3 N–H and O–H groups in total. The number of thiocarbonyl (C=S) groups is 1. The Morgan fingerprint density at radius 3 is 2.74 bits per heavy atom. The minimum atomic E-state index is -0.417. The molecule has 0 saturated carbocycles. The summed E-state index contributed by atoms with van der Waals surface area (Å²) in [5, 5.41) is 4.25. The third kappa shape index (κ3) is 5.68. The Balaban J connectivity index is 1.69. The molecule has 120 valence electrons. The Labute approximate surface area is 142 Å². The number of benzene rings is 1. The van der Waals surface area contributed by atoms with Crippen LogP contribution in [0.1, 0.15) is 15.2 Å². The molecule has 0 bridgehead atoms. The van der Waals surface area contributed by atoms with Crippen molar-refractivity contribution in [2.75, 3.05) is 6.61 Å². The highest BCUT2D eigenvalue weighted by Gasteiger charge is 2.09. The lowest BCUT2D eigenvalue weighted by Crippen LogP contribution is -2.49.